The van der Waals surface area contributed by atoms with Gasteiger partial charge >= 0.3 is 0 Å². The van der Waals surface area contributed by atoms with Crippen molar-refractivity contribution in [1.82, 2.24) is 9.97 Å². The predicted molar refractivity (Wildman–Crippen MR) is 51.9 cm³/mol. The number of hydrogen-bond donors (Lipinski definition) is 0. The van der Waals surface area contributed by atoms with Crippen LogP contribution in [0.4, 0.5) is 0 Å². The van der Waals surface area contributed by atoms with Gasteiger partial charge in [-0.25, -0.2) is 4.98 Å². The van der Waals surface area contributed by atoms with E-state index in [0.29, 0.717) is 11.8 Å². The summed E-state index contributed by atoms with van der Waals surface area (Å²) in [5, 5.41) is 0. The highest BCUT2D eigenvalue weighted by Crippen LogP contribution is 2.28. The van der Waals surface area contributed by atoms with E-state index in [1.165, 1.54) is 0 Å². The second-order valence-electron chi connectivity index (χ2n) is 2.78. The first-order chi connectivity index (χ1) is 6.38. The fourth-order valence-electron chi connectivity index (χ4n) is 1.25. The second-order valence-corrected chi connectivity index (χ2v) is 2.78. The lowest BCUT2D eigenvalue weighted by Crippen LogP contribution is -2.14. The molecule has 3 heteroatoms. The minimum Gasteiger partial charge on any atom is -0.476 e. The lowest BCUT2D eigenvalue weighted by atomic mass is 10.0. The summed E-state index contributed by atoms with van der Waals surface area (Å²) in [5.74, 6) is 1.21. The van der Waals surface area contributed by atoms with Crippen LogP contribution in [0.5, 0.6) is 5.88 Å². The summed E-state index contributed by atoms with van der Waals surface area (Å²) in [6, 6.07) is 0. The number of hydrogen-bond acceptors (Lipinski definition) is 3. The fraction of sp³-hybridized carbons (Fsp3) is 0.600. The van der Waals surface area contributed by atoms with Gasteiger partial charge in [-0.05, 0) is 6.42 Å². The van der Waals surface area contributed by atoms with Gasteiger partial charge in [0.1, 0.15) is 5.69 Å². The van der Waals surface area contributed by atoms with Crippen molar-refractivity contribution in [2.75, 3.05) is 6.61 Å². The highest BCUT2D eigenvalue weighted by molar-refractivity contribution is 5.22. The first-order valence-electron chi connectivity index (χ1n) is 4.81. The van der Waals surface area contributed by atoms with Crippen LogP contribution in [0.3, 0.4) is 0 Å². The van der Waals surface area contributed by atoms with Crippen molar-refractivity contribution in [2.24, 2.45) is 0 Å². The third kappa shape index (κ3) is 2.17. The second kappa shape index (κ2) is 4.80. The molecule has 0 aromatic carbocycles. The molecular weight excluding hydrogens is 164 g/mol. The first kappa shape index (κ1) is 9.96. The molecule has 0 N–H and O–H groups in total. The Bertz CT molecular complexity index is 263. The summed E-state index contributed by atoms with van der Waals surface area (Å²) in [7, 11) is 0. The maximum atomic E-state index is 5.32. The molecule has 2 heterocycles. The summed E-state index contributed by atoms with van der Waals surface area (Å²) in [5.41, 5.74) is 0.999. The van der Waals surface area contributed by atoms with E-state index < -0.39 is 0 Å². The standard InChI is InChI=1S/C8H10N2O.C2H6/c1-6-2-5-11-8-7(6)9-3-4-10-8;1-2/h3-4,6H,2,5H2,1H3;1-2H3. The monoisotopic (exact) mass is 180 g/mol. The molecule has 0 spiro atoms. The molecule has 1 aliphatic heterocycles. The summed E-state index contributed by atoms with van der Waals surface area (Å²) in [6.07, 6.45) is 4.42. The van der Waals surface area contributed by atoms with E-state index in [2.05, 4.69) is 16.9 Å². The van der Waals surface area contributed by atoms with Gasteiger partial charge in [-0.3, -0.25) is 4.98 Å². The average molecular weight is 180 g/mol. The molecule has 0 saturated heterocycles. The van der Waals surface area contributed by atoms with Gasteiger partial charge in [0.25, 0.3) is 0 Å². The van der Waals surface area contributed by atoms with Crippen LogP contribution in [0, 0.1) is 0 Å². The van der Waals surface area contributed by atoms with Gasteiger partial charge in [-0.1, -0.05) is 20.8 Å². The van der Waals surface area contributed by atoms with Gasteiger partial charge in [0.05, 0.1) is 6.61 Å². The molecule has 1 aromatic rings. The zero-order valence-corrected chi connectivity index (χ0v) is 8.45. The van der Waals surface area contributed by atoms with E-state index in [0.717, 1.165) is 18.7 Å². The highest BCUT2D eigenvalue weighted by Gasteiger charge is 2.18. The minimum absolute atomic E-state index is 0.493. The van der Waals surface area contributed by atoms with Crippen molar-refractivity contribution in [2.45, 2.75) is 33.1 Å². The first-order valence-corrected chi connectivity index (χ1v) is 4.81. The van der Waals surface area contributed by atoms with Crippen LogP contribution in [-0.2, 0) is 0 Å². The lowest BCUT2D eigenvalue weighted by Gasteiger charge is -2.19. The molecule has 72 valence electrons. The lowest BCUT2D eigenvalue weighted by molar-refractivity contribution is 0.256. The van der Waals surface area contributed by atoms with Crippen molar-refractivity contribution in [3.8, 4) is 5.88 Å². The Balaban J connectivity index is 0.000000396. The number of aromatic nitrogens is 2. The zero-order chi connectivity index (χ0) is 9.68. The van der Waals surface area contributed by atoms with Crippen LogP contribution in [0.25, 0.3) is 0 Å². The molecule has 2 rings (SSSR count). The van der Waals surface area contributed by atoms with Crippen molar-refractivity contribution < 1.29 is 4.74 Å². The van der Waals surface area contributed by atoms with Gasteiger partial charge in [-0.2, -0.15) is 0 Å². The topological polar surface area (TPSA) is 35.0 Å². The van der Waals surface area contributed by atoms with Gasteiger partial charge in [0.2, 0.25) is 5.88 Å². The number of fused-ring (bicyclic) bond motifs is 1. The zero-order valence-electron chi connectivity index (χ0n) is 8.45. The summed E-state index contributed by atoms with van der Waals surface area (Å²) < 4.78 is 5.32. The SMILES string of the molecule is CC.CC1CCOc2nccnc21. The normalized spacial score (nSPS) is 19.2. The van der Waals surface area contributed by atoms with Crippen LogP contribution in [0.15, 0.2) is 12.4 Å². The van der Waals surface area contributed by atoms with Gasteiger partial charge in [-0.15, -0.1) is 0 Å². The Kier molecular flexibility index (Phi) is 3.68. The predicted octanol–water partition coefficient (Wildman–Crippen LogP) is 2.39. The van der Waals surface area contributed by atoms with Gasteiger partial charge in [0, 0.05) is 18.3 Å². The molecule has 0 amide bonds. The van der Waals surface area contributed by atoms with E-state index in [1.54, 1.807) is 12.4 Å². The number of ether oxygens (including phenoxy) is 1. The number of nitrogens with zero attached hydrogens (tertiary/aromatic N) is 2. The van der Waals surface area contributed by atoms with Gasteiger partial charge in [0.15, 0.2) is 0 Å². The summed E-state index contributed by atoms with van der Waals surface area (Å²) >= 11 is 0. The Morgan fingerprint density at radius 3 is 2.69 bits per heavy atom. The molecule has 0 saturated carbocycles. The molecule has 0 fully saturated rings. The van der Waals surface area contributed by atoms with Gasteiger partial charge < -0.3 is 4.74 Å². The van der Waals surface area contributed by atoms with Crippen LogP contribution in [0.2, 0.25) is 0 Å². The third-order valence-corrected chi connectivity index (χ3v) is 1.95. The molecule has 1 aromatic heterocycles. The molecule has 0 aliphatic carbocycles. The molecule has 1 atom stereocenters. The van der Waals surface area contributed by atoms with Crippen LogP contribution in [0.1, 0.15) is 38.8 Å². The molecule has 1 aliphatic rings. The van der Waals surface area contributed by atoms with Crippen LogP contribution >= 0.6 is 0 Å². The Morgan fingerprint density at radius 1 is 1.31 bits per heavy atom. The fourth-order valence-corrected chi connectivity index (χ4v) is 1.25. The molecule has 0 radical (unpaired) electrons. The van der Waals surface area contributed by atoms with Crippen molar-refractivity contribution in [3.05, 3.63) is 18.1 Å². The minimum atomic E-state index is 0.493. The van der Waals surface area contributed by atoms with E-state index in [4.69, 9.17) is 4.74 Å². The molecule has 0 bridgehead atoms. The van der Waals surface area contributed by atoms with E-state index in [1.807, 2.05) is 13.8 Å². The maximum Gasteiger partial charge on any atom is 0.235 e. The van der Waals surface area contributed by atoms with Crippen LogP contribution in [-0.4, -0.2) is 16.6 Å². The van der Waals surface area contributed by atoms with E-state index in [9.17, 15) is 0 Å². The smallest absolute Gasteiger partial charge is 0.235 e. The molecule has 3 nitrogen and oxygen atoms in total. The van der Waals surface area contributed by atoms with E-state index >= 15 is 0 Å². The largest absolute Gasteiger partial charge is 0.476 e. The molecule has 1 unspecified atom stereocenters. The Labute approximate surface area is 79.2 Å². The summed E-state index contributed by atoms with van der Waals surface area (Å²) in [4.78, 5) is 8.30. The average Bonchev–Trinajstić information content (AvgIpc) is 2.22. The Morgan fingerprint density at radius 2 is 2.00 bits per heavy atom. The molecular formula is C10H16N2O. The van der Waals surface area contributed by atoms with Crippen molar-refractivity contribution in [1.29, 1.82) is 0 Å². The maximum absolute atomic E-state index is 5.32. The Hall–Kier alpha value is -1.12. The van der Waals surface area contributed by atoms with Crippen molar-refractivity contribution in [3.63, 3.8) is 0 Å². The quantitative estimate of drug-likeness (QED) is 0.615. The van der Waals surface area contributed by atoms with Crippen molar-refractivity contribution >= 4 is 0 Å². The third-order valence-electron chi connectivity index (χ3n) is 1.95. The van der Waals surface area contributed by atoms with E-state index in [-0.39, 0.29) is 0 Å². The number of rotatable bonds is 0. The summed E-state index contributed by atoms with van der Waals surface area (Å²) in [6.45, 7) is 6.92. The van der Waals surface area contributed by atoms with Crippen LogP contribution < -0.4 is 4.74 Å². The highest BCUT2D eigenvalue weighted by atomic mass is 16.5. The molecule has 13 heavy (non-hydrogen) atoms.